The van der Waals surface area contributed by atoms with Crippen LogP contribution in [0.1, 0.15) is 16.9 Å². The number of furan rings is 1. The zero-order chi connectivity index (χ0) is 14.2. The van der Waals surface area contributed by atoms with Gasteiger partial charge in [0.1, 0.15) is 24.7 Å². The van der Waals surface area contributed by atoms with Gasteiger partial charge in [-0.3, -0.25) is 0 Å². The molecule has 1 N–H and O–H groups in total. The molecule has 1 heterocycles. The van der Waals surface area contributed by atoms with Gasteiger partial charge in [0.2, 0.25) is 0 Å². The molecule has 0 aliphatic rings. The SMILES string of the molecule is COc1ccc(C#CCO)cc1COCc1ccco1. The summed E-state index contributed by atoms with van der Waals surface area (Å²) in [4.78, 5) is 0. The van der Waals surface area contributed by atoms with Crippen LogP contribution in [0.3, 0.4) is 0 Å². The number of ether oxygens (including phenoxy) is 2. The molecule has 0 unspecified atom stereocenters. The van der Waals surface area contributed by atoms with Crippen LogP contribution >= 0.6 is 0 Å². The summed E-state index contributed by atoms with van der Waals surface area (Å²) in [5.41, 5.74) is 1.72. The minimum atomic E-state index is -0.156. The van der Waals surface area contributed by atoms with Crippen LogP contribution < -0.4 is 4.74 Å². The number of benzene rings is 1. The van der Waals surface area contributed by atoms with Crippen LogP contribution in [0.25, 0.3) is 0 Å². The first-order chi connectivity index (χ1) is 9.83. The lowest BCUT2D eigenvalue weighted by molar-refractivity contribution is 0.0914. The molecule has 0 spiro atoms. The molecule has 0 fully saturated rings. The van der Waals surface area contributed by atoms with Gasteiger partial charge < -0.3 is 19.0 Å². The van der Waals surface area contributed by atoms with Crippen LogP contribution in [0.2, 0.25) is 0 Å². The van der Waals surface area contributed by atoms with Gasteiger partial charge in [-0.15, -0.1) is 0 Å². The van der Waals surface area contributed by atoms with Crippen LogP contribution in [0.5, 0.6) is 5.75 Å². The third-order valence-corrected chi connectivity index (χ3v) is 2.67. The molecule has 2 aromatic rings. The van der Waals surface area contributed by atoms with Gasteiger partial charge in [0.25, 0.3) is 0 Å². The molecule has 0 bridgehead atoms. The van der Waals surface area contributed by atoms with E-state index in [0.29, 0.717) is 13.2 Å². The summed E-state index contributed by atoms with van der Waals surface area (Å²) in [6.07, 6.45) is 1.62. The summed E-state index contributed by atoms with van der Waals surface area (Å²) in [6, 6.07) is 9.26. The fourth-order valence-corrected chi connectivity index (χ4v) is 1.77. The van der Waals surface area contributed by atoms with E-state index >= 15 is 0 Å². The van der Waals surface area contributed by atoms with E-state index in [0.717, 1.165) is 22.6 Å². The predicted octanol–water partition coefficient (Wildman–Crippen LogP) is 2.35. The topological polar surface area (TPSA) is 51.8 Å². The van der Waals surface area contributed by atoms with E-state index in [-0.39, 0.29) is 6.61 Å². The fraction of sp³-hybridized carbons (Fsp3) is 0.250. The number of aliphatic hydroxyl groups excluding tert-OH is 1. The second-order valence-electron chi connectivity index (χ2n) is 4.06. The average molecular weight is 272 g/mol. The monoisotopic (exact) mass is 272 g/mol. The van der Waals surface area contributed by atoms with Crippen molar-refractivity contribution in [3.8, 4) is 17.6 Å². The molecule has 0 aliphatic heterocycles. The van der Waals surface area contributed by atoms with Crippen LogP contribution in [0.4, 0.5) is 0 Å². The molecule has 4 heteroatoms. The third-order valence-electron chi connectivity index (χ3n) is 2.67. The number of hydrogen-bond donors (Lipinski definition) is 1. The normalized spacial score (nSPS) is 9.90. The Labute approximate surface area is 117 Å². The van der Waals surface area contributed by atoms with Crippen molar-refractivity contribution in [2.45, 2.75) is 13.2 Å². The smallest absolute Gasteiger partial charge is 0.129 e. The van der Waals surface area contributed by atoms with E-state index in [1.807, 2.05) is 30.3 Å². The molecule has 0 saturated heterocycles. The molecule has 0 amide bonds. The molecular formula is C16H16O4. The van der Waals surface area contributed by atoms with Gasteiger partial charge in [-0.1, -0.05) is 11.8 Å². The highest BCUT2D eigenvalue weighted by atomic mass is 16.5. The zero-order valence-electron chi connectivity index (χ0n) is 11.3. The Balaban J connectivity index is 2.04. The summed E-state index contributed by atoms with van der Waals surface area (Å²) in [7, 11) is 1.62. The minimum Gasteiger partial charge on any atom is -0.496 e. The van der Waals surface area contributed by atoms with Gasteiger partial charge in [-0.25, -0.2) is 0 Å². The summed E-state index contributed by atoms with van der Waals surface area (Å²) < 4.78 is 16.1. The van der Waals surface area contributed by atoms with Crippen LogP contribution in [-0.2, 0) is 18.0 Å². The zero-order valence-corrected chi connectivity index (χ0v) is 11.3. The molecule has 104 valence electrons. The standard InChI is InChI=1S/C16H16O4/c1-18-16-7-6-13(4-2-8-17)10-14(16)11-19-12-15-5-3-9-20-15/h3,5-7,9-10,17H,8,11-12H2,1H3. The van der Waals surface area contributed by atoms with Crippen molar-refractivity contribution in [3.63, 3.8) is 0 Å². The minimum absolute atomic E-state index is 0.156. The lowest BCUT2D eigenvalue weighted by atomic mass is 10.1. The fourth-order valence-electron chi connectivity index (χ4n) is 1.77. The first-order valence-corrected chi connectivity index (χ1v) is 6.20. The van der Waals surface area contributed by atoms with Gasteiger partial charge in [0.05, 0.1) is 20.0 Å². The molecule has 4 nitrogen and oxygen atoms in total. The van der Waals surface area contributed by atoms with Crippen LogP contribution in [-0.4, -0.2) is 18.8 Å². The second kappa shape index (κ2) is 7.39. The highest BCUT2D eigenvalue weighted by molar-refractivity contribution is 5.44. The van der Waals surface area contributed by atoms with E-state index in [1.165, 1.54) is 0 Å². The van der Waals surface area contributed by atoms with Crippen molar-refractivity contribution in [3.05, 3.63) is 53.5 Å². The van der Waals surface area contributed by atoms with Crippen molar-refractivity contribution in [1.82, 2.24) is 0 Å². The predicted molar refractivity (Wildman–Crippen MR) is 74.2 cm³/mol. The molecule has 1 aromatic carbocycles. The summed E-state index contributed by atoms with van der Waals surface area (Å²) in [5, 5.41) is 8.71. The number of methoxy groups -OCH3 is 1. The van der Waals surface area contributed by atoms with Gasteiger partial charge in [0, 0.05) is 11.1 Å². The molecule has 0 aliphatic carbocycles. The first-order valence-electron chi connectivity index (χ1n) is 6.20. The molecule has 0 radical (unpaired) electrons. The maximum absolute atomic E-state index is 8.71. The Morgan fingerprint density at radius 2 is 2.15 bits per heavy atom. The van der Waals surface area contributed by atoms with E-state index in [4.69, 9.17) is 19.0 Å². The van der Waals surface area contributed by atoms with E-state index in [1.54, 1.807) is 13.4 Å². The quantitative estimate of drug-likeness (QED) is 0.849. The Kier molecular flexibility index (Phi) is 5.24. The Morgan fingerprint density at radius 1 is 1.25 bits per heavy atom. The Hall–Kier alpha value is -2.22. The molecule has 2 rings (SSSR count). The van der Waals surface area contributed by atoms with Crippen molar-refractivity contribution in [2.75, 3.05) is 13.7 Å². The summed E-state index contributed by atoms with van der Waals surface area (Å²) >= 11 is 0. The summed E-state index contributed by atoms with van der Waals surface area (Å²) in [6.45, 7) is 0.650. The lowest BCUT2D eigenvalue weighted by Crippen LogP contribution is -1.97. The third kappa shape index (κ3) is 3.89. The van der Waals surface area contributed by atoms with Gasteiger partial charge in [-0.05, 0) is 30.3 Å². The average Bonchev–Trinajstić information content (AvgIpc) is 2.98. The Bertz CT molecular complexity index is 591. The van der Waals surface area contributed by atoms with Gasteiger partial charge in [0.15, 0.2) is 0 Å². The van der Waals surface area contributed by atoms with Crippen molar-refractivity contribution in [2.24, 2.45) is 0 Å². The molecule has 0 saturated carbocycles. The van der Waals surface area contributed by atoms with Gasteiger partial charge >= 0.3 is 0 Å². The van der Waals surface area contributed by atoms with E-state index in [9.17, 15) is 0 Å². The van der Waals surface area contributed by atoms with Crippen LogP contribution in [0, 0.1) is 11.8 Å². The maximum atomic E-state index is 8.71. The van der Waals surface area contributed by atoms with E-state index < -0.39 is 0 Å². The molecular weight excluding hydrogens is 256 g/mol. The molecule has 20 heavy (non-hydrogen) atoms. The van der Waals surface area contributed by atoms with Gasteiger partial charge in [-0.2, -0.15) is 0 Å². The number of hydrogen-bond acceptors (Lipinski definition) is 4. The Morgan fingerprint density at radius 3 is 2.85 bits per heavy atom. The number of aliphatic hydroxyl groups is 1. The lowest BCUT2D eigenvalue weighted by Gasteiger charge is -2.09. The molecule has 1 aromatic heterocycles. The van der Waals surface area contributed by atoms with Crippen molar-refractivity contribution < 1.29 is 19.0 Å². The first kappa shape index (κ1) is 14.2. The van der Waals surface area contributed by atoms with Crippen LogP contribution in [0.15, 0.2) is 41.0 Å². The highest BCUT2D eigenvalue weighted by Gasteiger charge is 2.05. The largest absolute Gasteiger partial charge is 0.496 e. The summed E-state index contributed by atoms with van der Waals surface area (Å²) in [5.74, 6) is 7.00. The molecule has 0 atom stereocenters. The van der Waals surface area contributed by atoms with Crippen molar-refractivity contribution >= 4 is 0 Å². The van der Waals surface area contributed by atoms with E-state index in [2.05, 4.69) is 11.8 Å². The maximum Gasteiger partial charge on any atom is 0.129 e. The second-order valence-corrected chi connectivity index (χ2v) is 4.06. The highest BCUT2D eigenvalue weighted by Crippen LogP contribution is 2.21. The van der Waals surface area contributed by atoms with Crippen molar-refractivity contribution in [1.29, 1.82) is 0 Å². The number of rotatable bonds is 5.